The van der Waals surface area contributed by atoms with E-state index in [2.05, 4.69) is 5.32 Å². The van der Waals surface area contributed by atoms with Crippen molar-refractivity contribution in [3.8, 4) is 0 Å². The maximum absolute atomic E-state index is 10.8. The molecule has 3 rings (SSSR count). The van der Waals surface area contributed by atoms with E-state index in [0.717, 1.165) is 5.56 Å². The summed E-state index contributed by atoms with van der Waals surface area (Å²) in [4.78, 5) is 0. The molecule has 0 saturated carbocycles. The lowest BCUT2D eigenvalue weighted by Gasteiger charge is -2.35. The fourth-order valence-corrected chi connectivity index (χ4v) is 2.72. The number of nitrogens with one attached hydrogen (secondary N) is 1. The van der Waals surface area contributed by atoms with Gasteiger partial charge in [-0.3, -0.25) is 5.32 Å². The zero-order valence-corrected chi connectivity index (χ0v) is 8.37. The van der Waals surface area contributed by atoms with Gasteiger partial charge in [-0.25, -0.2) is 0 Å². The van der Waals surface area contributed by atoms with Crippen molar-refractivity contribution in [1.29, 1.82) is 0 Å². The maximum atomic E-state index is 10.8. The van der Waals surface area contributed by atoms with Gasteiger partial charge in [0.05, 0.1) is 0 Å². The van der Waals surface area contributed by atoms with E-state index in [4.69, 9.17) is 14.1 Å². The Morgan fingerprint density at radius 1 is 1.40 bits per heavy atom. The molecule has 80 valence electrons. The van der Waals surface area contributed by atoms with Crippen molar-refractivity contribution in [2.24, 2.45) is 0 Å². The number of rotatable bonds is 0. The summed E-state index contributed by atoms with van der Waals surface area (Å²) < 4.78 is 31.1. The molecule has 15 heavy (non-hydrogen) atoms. The number of hydrogen-bond donors (Lipinski definition) is 2. The summed E-state index contributed by atoms with van der Waals surface area (Å²) in [5, 5.41) is 2.84. The first-order chi connectivity index (χ1) is 7.01. The number of anilines is 1. The summed E-state index contributed by atoms with van der Waals surface area (Å²) in [7, 11) is -3.82. The van der Waals surface area contributed by atoms with Crippen LogP contribution in [0.25, 0.3) is 0 Å². The molecule has 0 atom stereocenters. The molecule has 3 N–H and O–H groups in total. The van der Waals surface area contributed by atoms with E-state index in [1.54, 1.807) is 18.2 Å². The second-order valence-electron chi connectivity index (χ2n) is 3.46. The Kier molecular flexibility index (Phi) is 1.52. The summed E-state index contributed by atoms with van der Waals surface area (Å²) in [6.45, 7) is 0.468. The van der Waals surface area contributed by atoms with E-state index < -0.39 is 16.3 Å². The molecule has 6 nitrogen and oxygen atoms in total. The van der Waals surface area contributed by atoms with Gasteiger partial charge in [0.2, 0.25) is 0 Å². The summed E-state index contributed by atoms with van der Waals surface area (Å²) in [5.74, 6) is -1.32. The Labute approximate surface area is 86.3 Å². The van der Waals surface area contributed by atoms with E-state index in [1.807, 2.05) is 0 Å². The van der Waals surface area contributed by atoms with E-state index in [9.17, 15) is 8.42 Å². The molecule has 0 unspecified atom stereocenters. The fraction of sp³-hybridized carbons (Fsp3) is 0.250. The second kappa shape index (κ2) is 2.50. The Morgan fingerprint density at radius 2 is 2.13 bits per heavy atom. The molecule has 0 aromatic heterocycles. The van der Waals surface area contributed by atoms with Crippen LogP contribution in [0, 0.1) is 0 Å². The van der Waals surface area contributed by atoms with Gasteiger partial charge in [-0.1, -0.05) is 0 Å². The third-order valence-electron chi connectivity index (χ3n) is 2.43. The highest BCUT2D eigenvalue weighted by Gasteiger charge is 2.57. The lowest BCUT2D eigenvalue weighted by molar-refractivity contribution is -0.213. The van der Waals surface area contributed by atoms with Crippen LogP contribution < -0.4 is 11.1 Å². The minimum absolute atomic E-state index is 0.468. The smallest absolute Gasteiger partial charge is 0.399 e. The molecule has 1 fully saturated rings. The van der Waals surface area contributed by atoms with Crippen molar-refractivity contribution >= 4 is 16.1 Å². The third-order valence-corrected chi connectivity index (χ3v) is 3.31. The quantitative estimate of drug-likeness (QED) is 0.596. The van der Waals surface area contributed by atoms with Crippen LogP contribution in [0.4, 0.5) is 5.69 Å². The molecule has 1 aromatic carbocycles. The van der Waals surface area contributed by atoms with Gasteiger partial charge in [0.1, 0.15) is 0 Å². The van der Waals surface area contributed by atoms with E-state index in [1.165, 1.54) is 0 Å². The van der Waals surface area contributed by atoms with Crippen molar-refractivity contribution in [2.75, 3.05) is 5.73 Å². The van der Waals surface area contributed by atoms with Gasteiger partial charge in [-0.2, -0.15) is 16.8 Å². The minimum atomic E-state index is -3.82. The van der Waals surface area contributed by atoms with Gasteiger partial charge in [0, 0.05) is 17.8 Å². The number of hydrogen-bond acceptors (Lipinski definition) is 6. The minimum Gasteiger partial charge on any atom is -0.399 e. The average Bonchev–Trinajstić information content (AvgIpc) is 2.42. The molecule has 0 amide bonds. The molecule has 1 aromatic rings. The third kappa shape index (κ3) is 1.18. The Bertz CT molecular complexity index is 528. The van der Waals surface area contributed by atoms with Crippen molar-refractivity contribution in [3.05, 3.63) is 29.3 Å². The highest BCUT2D eigenvalue weighted by Crippen LogP contribution is 2.43. The SMILES string of the molecule is Nc1ccc2c(c1)CNC21OS(=O)(=O)O1. The molecule has 0 bridgehead atoms. The molecule has 2 aliphatic heterocycles. The number of benzene rings is 1. The summed E-state index contributed by atoms with van der Waals surface area (Å²) in [5.41, 5.74) is 7.76. The summed E-state index contributed by atoms with van der Waals surface area (Å²) in [6.07, 6.45) is 0. The van der Waals surface area contributed by atoms with Crippen LogP contribution in [0.1, 0.15) is 11.1 Å². The monoisotopic (exact) mass is 228 g/mol. The van der Waals surface area contributed by atoms with Gasteiger partial charge in [0.25, 0.3) is 5.91 Å². The van der Waals surface area contributed by atoms with Crippen molar-refractivity contribution in [2.45, 2.75) is 12.5 Å². The van der Waals surface area contributed by atoms with Crippen LogP contribution in [-0.2, 0) is 31.2 Å². The molecule has 7 heteroatoms. The van der Waals surface area contributed by atoms with Crippen LogP contribution in [-0.4, -0.2) is 8.42 Å². The maximum Gasteiger partial charge on any atom is 0.408 e. The van der Waals surface area contributed by atoms with E-state index in [0.29, 0.717) is 17.8 Å². The molecular weight excluding hydrogens is 220 g/mol. The Hall–Kier alpha value is -1.15. The lowest BCUT2D eigenvalue weighted by Crippen LogP contribution is -2.54. The van der Waals surface area contributed by atoms with E-state index in [-0.39, 0.29) is 0 Å². The second-order valence-corrected chi connectivity index (χ2v) is 4.61. The first kappa shape index (κ1) is 9.10. The molecule has 2 heterocycles. The summed E-state index contributed by atoms with van der Waals surface area (Å²) >= 11 is 0. The van der Waals surface area contributed by atoms with Crippen LogP contribution >= 0.6 is 0 Å². The zero-order valence-electron chi connectivity index (χ0n) is 7.56. The first-order valence-corrected chi connectivity index (χ1v) is 5.64. The van der Waals surface area contributed by atoms with Crippen molar-refractivity contribution in [1.82, 2.24) is 5.32 Å². The molecule has 1 spiro atoms. The zero-order chi connectivity index (χ0) is 10.7. The van der Waals surface area contributed by atoms with Crippen LogP contribution in [0.15, 0.2) is 18.2 Å². The van der Waals surface area contributed by atoms with Crippen LogP contribution in [0.3, 0.4) is 0 Å². The number of nitrogens with two attached hydrogens (primary N) is 1. The first-order valence-electron chi connectivity index (χ1n) is 4.31. The van der Waals surface area contributed by atoms with Crippen LogP contribution in [0.5, 0.6) is 0 Å². The normalized spacial score (nSPS) is 24.8. The average molecular weight is 228 g/mol. The lowest BCUT2D eigenvalue weighted by atomic mass is 10.1. The molecule has 1 saturated heterocycles. The topological polar surface area (TPSA) is 90.6 Å². The standard InChI is InChI=1S/C8H8N2O4S/c9-6-1-2-7-5(3-6)4-10-8(7)13-15(11,12)14-8/h1-3,10H,4,9H2. The fourth-order valence-electron chi connectivity index (χ4n) is 1.83. The molecule has 0 aliphatic carbocycles. The Balaban J connectivity index is 2.07. The molecule has 0 radical (unpaired) electrons. The Morgan fingerprint density at radius 3 is 2.80 bits per heavy atom. The van der Waals surface area contributed by atoms with Crippen LogP contribution in [0.2, 0.25) is 0 Å². The number of fused-ring (bicyclic) bond motifs is 2. The predicted molar refractivity (Wildman–Crippen MR) is 50.5 cm³/mol. The largest absolute Gasteiger partial charge is 0.408 e. The van der Waals surface area contributed by atoms with Gasteiger partial charge in [-0.15, -0.1) is 0 Å². The van der Waals surface area contributed by atoms with Crippen molar-refractivity contribution < 1.29 is 16.8 Å². The number of nitrogen functional groups attached to an aromatic ring is 1. The highest BCUT2D eigenvalue weighted by atomic mass is 32.3. The molecular formula is C8H8N2O4S. The van der Waals surface area contributed by atoms with Gasteiger partial charge < -0.3 is 5.73 Å². The van der Waals surface area contributed by atoms with E-state index >= 15 is 0 Å². The van der Waals surface area contributed by atoms with Crippen molar-refractivity contribution in [3.63, 3.8) is 0 Å². The predicted octanol–water partition coefficient (Wildman–Crippen LogP) is -0.226. The summed E-state index contributed by atoms with van der Waals surface area (Å²) in [6, 6.07) is 5.12. The highest BCUT2D eigenvalue weighted by molar-refractivity contribution is 7.82. The van der Waals surface area contributed by atoms with Gasteiger partial charge >= 0.3 is 10.4 Å². The van der Waals surface area contributed by atoms with Gasteiger partial charge in [0.15, 0.2) is 0 Å². The molecule has 2 aliphatic rings. The van der Waals surface area contributed by atoms with Gasteiger partial charge in [-0.05, 0) is 23.8 Å².